The van der Waals surface area contributed by atoms with Gasteiger partial charge >= 0.3 is 5.97 Å². The van der Waals surface area contributed by atoms with Gasteiger partial charge in [-0.25, -0.2) is 0 Å². The van der Waals surface area contributed by atoms with Crippen LogP contribution in [0.3, 0.4) is 0 Å². The summed E-state index contributed by atoms with van der Waals surface area (Å²) in [6, 6.07) is 27.4. The summed E-state index contributed by atoms with van der Waals surface area (Å²) in [5, 5.41) is 4.24. The second kappa shape index (κ2) is 12.4. The van der Waals surface area contributed by atoms with Crippen molar-refractivity contribution in [3.05, 3.63) is 101 Å². The molecular weight excluding hydrogens is 454 g/mol. The molecule has 0 spiro atoms. The third-order valence-electron chi connectivity index (χ3n) is 5.95. The topological polar surface area (TPSA) is 52.3 Å². The van der Waals surface area contributed by atoms with Crippen LogP contribution in [0.15, 0.2) is 83.4 Å². The Labute approximate surface area is 211 Å². The number of nitrogens with zero attached hydrogens (tertiary/aromatic N) is 1. The summed E-state index contributed by atoms with van der Waals surface area (Å²) in [5.74, 6) is 2.74. The lowest BCUT2D eigenvalue weighted by atomic mass is 9.99. The highest BCUT2D eigenvalue weighted by Crippen LogP contribution is 2.30. The number of aromatic nitrogens is 1. The fourth-order valence-corrected chi connectivity index (χ4v) is 4.93. The van der Waals surface area contributed by atoms with Crippen LogP contribution in [0.5, 0.6) is 0 Å². The van der Waals surface area contributed by atoms with E-state index < -0.39 is 0 Å². The summed E-state index contributed by atoms with van der Waals surface area (Å²) in [6.07, 6.45) is 2.03. The number of rotatable bonds is 11. The standard InChI is InChI=1S/C30H31NO3S/c1-3-33-29(32)18-11-23-9-12-25(13-10-23)26-14-16-27(17-15-26)30-28(22(2)31-34-30)19-20-35-21-24-7-5-4-6-8-24/h4-10,12-17H,3,11,18-21H2,1-2H3. The molecule has 3 aromatic carbocycles. The average molecular weight is 486 g/mol. The predicted molar refractivity (Wildman–Crippen MR) is 143 cm³/mol. The number of hydrogen-bond donors (Lipinski definition) is 0. The Morgan fingerprint density at radius 2 is 1.51 bits per heavy atom. The van der Waals surface area contributed by atoms with Gasteiger partial charge in [0.1, 0.15) is 0 Å². The number of thioether (sulfide) groups is 1. The van der Waals surface area contributed by atoms with Crippen LogP contribution in [0, 0.1) is 6.92 Å². The van der Waals surface area contributed by atoms with Crippen molar-refractivity contribution in [3.8, 4) is 22.5 Å². The van der Waals surface area contributed by atoms with E-state index in [1.165, 1.54) is 11.1 Å². The third kappa shape index (κ3) is 6.86. The van der Waals surface area contributed by atoms with Crippen molar-refractivity contribution in [3.63, 3.8) is 0 Å². The Balaban J connectivity index is 1.37. The molecule has 1 heterocycles. The van der Waals surface area contributed by atoms with E-state index in [2.05, 4.69) is 84.0 Å². The second-order valence-corrected chi connectivity index (χ2v) is 9.55. The summed E-state index contributed by atoms with van der Waals surface area (Å²) < 4.78 is 10.7. The third-order valence-corrected chi connectivity index (χ3v) is 6.98. The van der Waals surface area contributed by atoms with E-state index >= 15 is 0 Å². The molecule has 0 unspecified atom stereocenters. The molecule has 1 aromatic heterocycles. The van der Waals surface area contributed by atoms with Gasteiger partial charge in [0, 0.05) is 23.3 Å². The zero-order valence-electron chi connectivity index (χ0n) is 20.3. The minimum absolute atomic E-state index is 0.149. The molecule has 0 aliphatic heterocycles. The van der Waals surface area contributed by atoms with Crippen molar-refractivity contribution >= 4 is 17.7 Å². The van der Waals surface area contributed by atoms with Gasteiger partial charge in [0.15, 0.2) is 5.76 Å². The number of benzene rings is 3. The van der Waals surface area contributed by atoms with E-state index in [1.54, 1.807) is 0 Å². The number of esters is 1. The Hall–Kier alpha value is -3.31. The van der Waals surface area contributed by atoms with Gasteiger partial charge in [0.05, 0.1) is 12.3 Å². The minimum atomic E-state index is -0.149. The Bertz CT molecular complexity index is 1210. The van der Waals surface area contributed by atoms with E-state index in [-0.39, 0.29) is 5.97 Å². The summed E-state index contributed by atoms with van der Waals surface area (Å²) in [4.78, 5) is 11.6. The Kier molecular flexibility index (Phi) is 8.79. The number of hydrogen-bond acceptors (Lipinski definition) is 5. The molecule has 0 aliphatic rings. The SMILES string of the molecule is CCOC(=O)CCc1ccc(-c2ccc(-c3onc(C)c3CCSCc3ccccc3)cc2)cc1. The molecule has 5 heteroatoms. The Morgan fingerprint density at radius 3 is 2.20 bits per heavy atom. The van der Waals surface area contributed by atoms with Crippen molar-refractivity contribution < 1.29 is 14.1 Å². The van der Waals surface area contributed by atoms with Crippen molar-refractivity contribution in [1.29, 1.82) is 0 Å². The number of carbonyl (C=O) groups is 1. The highest BCUT2D eigenvalue weighted by molar-refractivity contribution is 7.98. The van der Waals surface area contributed by atoms with E-state index in [1.807, 2.05) is 25.6 Å². The van der Waals surface area contributed by atoms with Crippen LogP contribution < -0.4 is 0 Å². The summed E-state index contributed by atoms with van der Waals surface area (Å²) in [5.41, 5.74) is 7.95. The molecule has 0 atom stereocenters. The van der Waals surface area contributed by atoms with Gasteiger partial charge in [-0.05, 0) is 54.7 Å². The van der Waals surface area contributed by atoms with E-state index in [9.17, 15) is 4.79 Å². The van der Waals surface area contributed by atoms with E-state index in [0.717, 1.165) is 51.6 Å². The van der Waals surface area contributed by atoms with Crippen molar-refractivity contribution in [2.24, 2.45) is 0 Å². The molecular formula is C30H31NO3S. The molecule has 0 radical (unpaired) electrons. The van der Waals surface area contributed by atoms with Crippen LogP contribution in [-0.2, 0) is 28.1 Å². The molecule has 0 saturated carbocycles. The van der Waals surface area contributed by atoms with Gasteiger partial charge in [-0.1, -0.05) is 84.0 Å². The van der Waals surface area contributed by atoms with Crippen molar-refractivity contribution in [2.45, 2.75) is 38.9 Å². The molecule has 4 rings (SSSR count). The zero-order chi connectivity index (χ0) is 24.5. The van der Waals surface area contributed by atoms with Crippen LogP contribution in [0.2, 0.25) is 0 Å². The number of ether oxygens (including phenoxy) is 1. The number of aryl methyl sites for hydroxylation is 2. The fraction of sp³-hybridized carbons (Fsp3) is 0.267. The highest BCUT2D eigenvalue weighted by atomic mass is 32.2. The Morgan fingerprint density at radius 1 is 0.857 bits per heavy atom. The quantitative estimate of drug-likeness (QED) is 0.165. The van der Waals surface area contributed by atoms with Crippen LogP contribution in [0.25, 0.3) is 22.5 Å². The molecule has 180 valence electrons. The fourth-order valence-electron chi connectivity index (χ4n) is 4.01. The summed E-state index contributed by atoms with van der Waals surface area (Å²) in [7, 11) is 0. The molecule has 4 aromatic rings. The smallest absolute Gasteiger partial charge is 0.306 e. The first-order valence-corrected chi connectivity index (χ1v) is 13.2. The summed E-state index contributed by atoms with van der Waals surface area (Å²) in [6.45, 7) is 4.27. The largest absolute Gasteiger partial charge is 0.466 e. The minimum Gasteiger partial charge on any atom is -0.466 e. The van der Waals surface area contributed by atoms with Gasteiger partial charge in [0.25, 0.3) is 0 Å². The maximum absolute atomic E-state index is 11.6. The van der Waals surface area contributed by atoms with Crippen LogP contribution in [-0.4, -0.2) is 23.5 Å². The molecule has 35 heavy (non-hydrogen) atoms. The lowest BCUT2D eigenvalue weighted by Gasteiger charge is -2.07. The molecule has 4 nitrogen and oxygen atoms in total. The van der Waals surface area contributed by atoms with Crippen molar-refractivity contribution in [2.75, 3.05) is 12.4 Å². The van der Waals surface area contributed by atoms with Gasteiger partial charge in [-0.15, -0.1) is 0 Å². The van der Waals surface area contributed by atoms with E-state index in [4.69, 9.17) is 9.26 Å². The first kappa shape index (κ1) is 24.8. The van der Waals surface area contributed by atoms with Crippen molar-refractivity contribution in [1.82, 2.24) is 5.16 Å². The monoisotopic (exact) mass is 485 g/mol. The highest BCUT2D eigenvalue weighted by Gasteiger charge is 2.15. The first-order valence-electron chi connectivity index (χ1n) is 12.1. The molecule has 0 N–H and O–H groups in total. The molecule has 0 amide bonds. The van der Waals surface area contributed by atoms with Crippen LogP contribution >= 0.6 is 11.8 Å². The zero-order valence-corrected chi connectivity index (χ0v) is 21.1. The second-order valence-electron chi connectivity index (χ2n) is 8.44. The van der Waals surface area contributed by atoms with Gasteiger partial charge in [0.2, 0.25) is 0 Å². The van der Waals surface area contributed by atoms with Gasteiger partial charge < -0.3 is 9.26 Å². The lowest BCUT2D eigenvalue weighted by Crippen LogP contribution is -2.05. The van der Waals surface area contributed by atoms with Gasteiger partial charge in [-0.2, -0.15) is 11.8 Å². The first-order chi connectivity index (χ1) is 17.1. The van der Waals surface area contributed by atoms with Gasteiger partial charge in [-0.3, -0.25) is 4.79 Å². The predicted octanol–water partition coefficient (Wildman–Crippen LogP) is 7.29. The maximum atomic E-state index is 11.6. The maximum Gasteiger partial charge on any atom is 0.306 e. The van der Waals surface area contributed by atoms with Crippen LogP contribution in [0.4, 0.5) is 0 Å². The average Bonchev–Trinajstić information content (AvgIpc) is 3.26. The molecule has 0 saturated heterocycles. The molecule has 0 fully saturated rings. The normalized spacial score (nSPS) is 10.9. The number of carbonyl (C=O) groups excluding carboxylic acids is 1. The summed E-state index contributed by atoms with van der Waals surface area (Å²) >= 11 is 1.93. The lowest BCUT2D eigenvalue weighted by molar-refractivity contribution is -0.143. The van der Waals surface area contributed by atoms with Crippen LogP contribution in [0.1, 0.15) is 35.7 Å². The van der Waals surface area contributed by atoms with E-state index in [0.29, 0.717) is 19.4 Å². The molecule has 0 bridgehead atoms. The molecule has 0 aliphatic carbocycles.